The molecule has 3 amide bonds. The van der Waals surface area contributed by atoms with Crippen LogP contribution in [0.15, 0.2) is 18.2 Å². The van der Waals surface area contributed by atoms with Crippen molar-refractivity contribution >= 4 is 17.6 Å². The van der Waals surface area contributed by atoms with Gasteiger partial charge in [0.25, 0.3) is 0 Å². The Bertz CT molecular complexity index is 614. The van der Waals surface area contributed by atoms with Crippen molar-refractivity contribution in [2.24, 2.45) is 0 Å². The number of rotatable bonds is 4. The lowest BCUT2D eigenvalue weighted by Gasteiger charge is -2.20. The average molecular weight is 333 g/mol. The highest BCUT2D eigenvalue weighted by atomic mass is 16.6. The molecule has 0 aromatic heterocycles. The molecule has 130 valence electrons. The van der Waals surface area contributed by atoms with Gasteiger partial charge in [0.1, 0.15) is 19.3 Å². The van der Waals surface area contributed by atoms with Crippen LogP contribution < -0.4 is 25.4 Å². The van der Waals surface area contributed by atoms with Crippen LogP contribution in [0.3, 0.4) is 0 Å². The number of urea groups is 1. The molecule has 1 aliphatic carbocycles. The highest BCUT2D eigenvalue weighted by molar-refractivity contribution is 5.98. The van der Waals surface area contributed by atoms with E-state index in [-0.39, 0.29) is 11.9 Å². The summed E-state index contributed by atoms with van der Waals surface area (Å²) in [6.45, 7) is 2.75. The zero-order chi connectivity index (χ0) is 16.9. The van der Waals surface area contributed by atoms with Crippen molar-refractivity contribution in [1.29, 1.82) is 0 Å². The number of hydrogen-bond donors (Lipinski definition) is 3. The van der Waals surface area contributed by atoms with Crippen molar-refractivity contribution in [1.82, 2.24) is 10.6 Å². The van der Waals surface area contributed by atoms with Gasteiger partial charge in [0, 0.05) is 17.8 Å². The van der Waals surface area contributed by atoms with E-state index in [9.17, 15) is 9.59 Å². The lowest BCUT2D eigenvalue weighted by Crippen LogP contribution is -2.48. The normalized spacial score (nSPS) is 17.9. The minimum Gasteiger partial charge on any atom is -0.486 e. The lowest BCUT2D eigenvalue weighted by molar-refractivity contribution is -0.120. The number of benzene rings is 1. The summed E-state index contributed by atoms with van der Waals surface area (Å²) in [5.74, 6) is 0.970. The predicted molar refractivity (Wildman–Crippen MR) is 89.4 cm³/mol. The largest absolute Gasteiger partial charge is 0.486 e. The van der Waals surface area contributed by atoms with Crippen LogP contribution >= 0.6 is 0 Å². The van der Waals surface area contributed by atoms with Crippen molar-refractivity contribution in [3.8, 4) is 11.5 Å². The molecule has 0 unspecified atom stereocenters. The number of anilines is 1. The third-order valence-electron chi connectivity index (χ3n) is 4.25. The highest BCUT2D eigenvalue weighted by Gasteiger charge is 2.21. The standard InChI is InChI=1S/C17H23N3O4/c1-11(16(21)20-17(22)19-12-4-2-3-5-12)18-13-6-7-14-15(10-13)24-9-8-23-14/h6-7,10-12,18H,2-5,8-9H2,1H3,(H2,19,20,21,22)/t11-/m0/s1. The van der Waals surface area contributed by atoms with Crippen LogP contribution in [0.5, 0.6) is 11.5 Å². The molecular weight excluding hydrogens is 310 g/mol. The maximum atomic E-state index is 12.1. The van der Waals surface area contributed by atoms with E-state index in [4.69, 9.17) is 9.47 Å². The molecule has 0 saturated heterocycles. The highest BCUT2D eigenvalue weighted by Crippen LogP contribution is 2.32. The second-order valence-corrected chi connectivity index (χ2v) is 6.17. The molecule has 24 heavy (non-hydrogen) atoms. The molecule has 0 bridgehead atoms. The fourth-order valence-electron chi connectivity index (χ4n) is 2.96. The van der Waals surface area contributed by atoms with Crippen LogP contribution in [0.1, 0.15) is 32.6 Å². The van der Waals surface area contributed by atoms with Gasteiger partial charge >= 0.3 is 6.03 Å². The first kappa shape index (κ1) is 16.4. The van der Waals surface area contributed by atoms with Crippen molar-refractivity contribution in [2.75, 3.05) is 18.5 Å². The molecule has 7 heteroatoms. The van der Waals surface area contributed by atoms with Crippen molar-refractivity contribution < 1.29 is 19.1 Å². The van der Waals surface area contributed by atoms with Gasteiger partial charge in [0.15, 0.2) is 11.5 Å². The number of carbonyl (C=O) groups excluding carboxylic acids is 2. The number of ether oxygens (including phenoxy) is 2. The van der Waals surface area contributed by atoms with Gasteiger partial charge in [0.05, 0.1) is 0 Å². The quantitative estimate of drug-likeness (QED) is 0.784. The summed E-state index contributed by atoms with van der Waals surface area (Å²) in [6, 6.07) is 4.60. The molecule has 3 rings (SSSR count). The Morgan fingerprint density at radius 3 is 2.58 bits per heavy atom. The third kappa shape index (κ3) is 4.10. The monoisotopic (exact) mass is 333 g/mol. The number of carbonyl (C=O) groups is 2. The van der Waals surface area contributed by atoms with E-state index in [0.717, 1.165) is 31.4 Å². The van der Waals surface area contributed by atoms with E-state index in [1.54, 1.807) is 19.1 Å². The van der Waals surface area contributed by atoms with Gasteiger partial charge < -0.3 is 20.1 Å². The minimum absolute atomic E-state index is 0.179. The molecule has 1 aromatic rings. The van der Waals surface area contributed by atoms with Crippen LogP contribution in [0, 0.1) is 0 Å². The second kappa shape index (κ2) is 7.42. The number of fused-ring (bicyclic) bond motifs is 1. The summed E-state index contributed by atoms with van der Waals surface area (Å²) in [6.07, 6.45) is 4.21. The Morgan fingerprint density at radius 1 is 1.12 bits per heavy atom. The van der Waals surface area contributed by atoms with Crippen LogP contribution in [-0.4, -0.2) is 37.2 Å². The summed E-state index contributed by atoms with van der Waals surface area (Å²) < 4.78 is 11.0. The van der Waals surface area contributed by atoms with E-state index in [1.165, 1.54) is 0 Å². The summed E-state index contributed by atoms with van der Waals surface area (Å²) in [7, 11) is 0. The fourth-order valence-corrected chi connectivity index (χ4v) is 2.96. The van der Waals surface area contributed by atoms with Crippen LogP contribution in [0.25, 0.3) is 0 Å². The van der Waals surface area contributed by atoms with E-state index >= 15 is 0 Å². The molecule has 0 radical (unpaired) electrons. The molecule has 3 N–H and O–H groups in total. The summed E-state index contributed by atoms with van der Waals surface area (Å²) in [5.41, 5.74) is 0.734. The fraction of sp³-hybridized carbons (Fsp3) is 0.529. The molecule has 1 aromatic carbocycles. The molecule has 0 spiro atoms. The average Bonchev–Trinajstić information content (AvgIpc) is 3.07. The lowest BCUT2D eigenvalue weighted by atomic mass is 10.2. The zero-order valence-corrected chi connectivity index (χ0v) is 13.8. The SMILES string of the molecule is C[C@H](Nc1ccc2c(c1)OCCO2)C(=O)NC(=O)NC1CCCC1. The Labute approximate surface area is 141 Å². The van der Waals surface area contributed by atoms with Crippen molar-refractivity contribution in [3.63, 3.8) is 0 Å². The van der Waals surface area contributed by atoms with Gasteiger partial charge in [-0.25, -0.2) is 4.79 Å². The van der Waals surface area contributed by atoms with Crippen LogP contribution in [-0.2, 0) is 4.79 Å². The number of imide groups is 1. The summed E-state index contributed by atoms with van der Waals surface area (Å²) in [5, 5.41) is 8.28. The maximum absolute atomic E-state index is 12.1. The molecule has 1 fully saturated rings. The first-order valence-corrected chi connectivity index (χ1v) is 8.39. The Hall–Kier alpha value is -2.44. The van der Waals surface area contributed by atoms with Gasteiger partial charge in [-0.15, -0.1) is 0 Å². The molecule has 1 saturated carbocycles. The number of nitrogens with one attached hydrogen (secondary N) is 3. The maximum Gasteiger partial charge on any atom is 0.321 e. The summed E-state index contributed by atoms with van der Waals surface area (Å²) in [4.78, 5) is 24.0. The van der Waals surface area contributed by atoms with Gasteiger partial charge in [-0.1, -0.05) is 12.8 Å². The van der Waals surface area contributed by atoms with Gasteiger partial charge in [-0.05, 0) is 31.9 Å². The molecule has 1 heterocycles. The van der Waals surface area contributed by atoms with E-state index < -0.39 is 12.1 Å². The minimum atomic E-state index is -0.554. The van der Waals surface area contributed by atoms with Crippen LogP contribution in [0.2, 0.25) is 0 Å². The first-order chi connectivity index (χ1) is 11.6. The predicted octanol–water partition coefficient (Wildman–Crippen LogP) is 2.03. The molecule has 7 nitrogen and oxygen atoms in total. The number of amides is 3. The molecule has 1 atom stereocenters. The Balaban J connectivity index is 1.51. The van der Waals surface area contributed by atoms with Crippen molar-refractivity contribution in [3.05, 3.63) is 18.2 Å². The Kier molecular flexibility index (Phi) is 5.08. The molecule has 1 aliphatic heterocycles. The summed E-state index contributed by atoms with van der Waals surface area (Å²) >= 11 is 0. The topological polar surface area (TPSA) is 88.7 Å². The zero-order valence-electron chi connectivity index (χ0n) is 13.8. The Morgan fingerprint density at radius 2 is 1.83 bits per heavy atom. The van der Waals surface area contributed by atoms with Crippen LogP contribution in [0.4, 0.5) is 10.5 Å². The smallest absolute Gasteiger partial charge is 0.321 e. The number of hydrogen-bond acceptors (Lipinski definition) is 5. The second-order valence-electron chi connectivity index (χ2n) is 6.17. The first-order valence-electron chi connectivity index (χ1n) is 8.39. The van der Waals surface area contributed by atoms with Gasteiger partial charge in [-0.2, -0.15) is 0 Å². The van der Waals surface area contributed by atoms with E-state index in [1.807, 2.05) is 6.07 Å². The molecular formula is C17H23N3O4. The third-order valence-corrected chi connectivity index (χ3v) is 4.25. The van der Waals surface area contributed by atoms with E-state index in [0.29, 0.717) is 24.7 Å². The van der Waals surface area contributed by atoms with Gasteiger partial charge in [-0.3, -0.25) is 10.1 Å². The van der Waals surface area contributed by atoms with E-state index in [2.05, 4.69) is 16.0 Å². The van der Waals surface area contributed by atoms with Gasteiger partial charge in [0.2, 0.25) is 5.91 Å². The molecule has 2 aliphatic rings. The van der Waals surface area contributed by atoms with Crippen molar-refractivity contribution in [2.45, 2.75) is 44.7 Å².